The van der Waals surface area contributed by atoms with Gasteiger partial charge in [-0.1, -0.05) is 19.9 Å². The van der Waals surface area contributed by atoms with Crippen molar-refractivity contribution in [3.8, 4) is 0 Å². The first-order chi connectivity index (χ1) is 7.57. The Morgan fingerprint density at radius 2 is 2.25 bits per heavy atom. The second-order valence-corrected chi connectivity index (χ2v) is 4.76. The first-order valence-corrected chi connectivity index (χ1v) is 5.70. The fraction of sp³-hybridized carbons (Fsp3) is 0.538. The smallest absolute Gasteiger partial charge is 0.318 e. The van der Waals surface area contributed by atoms with Gasteiger partial charge in [0, 0.05) is 12.6 Å². The Bertz CT molecular complexity index is 388. The van der Waals surface area contributed by atoms with Crippen molar-refractivity contribution in [1.82, 2.24) is 4.98 Å². The van der Waals surface area contributed by atoms with Crippen LogP contribution in [0.1, 0.15) is 32.9 Å². The summed E-state index contributed by atoms with van der Waals surface area (Å²) in [6.45, 7) is 6.03. The highest BCUT2D eigenvalue weighted by Crippen LogP contribution is 2.42. The van der Waals surface area contributed by atoms with Crippen LogP contribution < -0.4 is 0 Å². The topological polar surface area (TPSA) is 39.2 Å². The SMILES string of the molecule is CC1CC(c2ccccn2)(C(C)C)C(=O)O1. The van der Waals surface area contributed by atoms with Crippen molar-refractivity contribution >= 4 is 5.97 Å². The molecule has 2 unspecified atom stereocenters. The minimum atomic E-state index is -0.555. The average molecular weight is 219 g/mol. The summed E-state index contributed by atoms with van der Waals surface area (Å²) >= 11 is 0. The Morgan fingerprint density at radius 3 is 2.69 bits per heavy atom. The minimum Gasteiger partial charge on any atom is -0.462 e. The van der Waals surface area contributed by atoms with E-state index < -0.39 is 5.41 Å². The Kier molecular flexibility index (Phi) is 2.70. The predicted molar refractivity (Wildman–Crippen MR) is 60.9 cm³/mol. The zero-order valence-corrected chi connectivity index (χ0v) is 9.93. The van der Waals surface area contributed by atoms with E-state index in [-0.39, 0.29) is 18.0 Å². The fourth-order valence-corrected chi connectivity index (χ4v) is 2.47. The number of rotatable bonds is 2. The van der Waals surface area contributed by atoms with E-state index in [1.165, 1.54) is 0 Å². The normalized spacial score (nSPS) is 29.5. The predicted octanol–water partition coefficient (Wildman–Crippen LogP) is 2.31. The Hall–Kier alpha value is -1.38. The van der Waals surface area contributed by atoms with Crippen molar-refractivity contribution in [3.05, 3.63) is 30.1 Å². The molecule has 0 amide bonds. The molecule has 1 aliphatic rings. The Labute approximate surface area is 95.8 Å². The number of carbonyl (C=O) groups excluding carboxylic acids is 1. The maximum Gasteiger partial charge on any atom is 0.318 e. The summed E-state index contributed by atoms with van der Waals surface area (Å²) in [6.07, 6.45) is 2.44. The zero-order valence-electron chi connectivity index (χ0n) is 9.93. The monoisotopic (exact) mass is 219 g/mol. The van der Waals surface area contributed by atoms with Crippen LogP contribution in [0.15, 0.2) is 24.4 Å². The fourth-order valence-electron chi connectivity index (χ4n) is 2.47. The van der Waals surface area contributed by atoms with Gasteiger partial charge >= 0.3 is 5.97 Å². The van der Waals surface area contributed by atoms with Gasteiger partial charge in [-0.25, -0.2) is 0 Å². The molecule has 86 valence electrons. The number of esters is 1. The van der Waals surface area contributed by atoms with E-state index in [1.54, 1.807) is 6.20 Å². The lowest BCUT2D eigenvalue weighted by Crippen LogP contribution is -2.38. The molecule has 0 N–H and O–H groups in total. The van der Waals surface area contributed by atoms with Gasteiger partial charge in [-0.15, -0.1) is 0 Å². The number of aromatic nitrogens is 1. The number of carbonyl (C=O) groups is 1. The van der Waals surface area contributed by atoms with Gasteiger partial charge in [-0.05, 0) is 25.0 Å². The van der Waals surface area contributed by atoms with Crippen LogP contribution in [0.5, 0.6) is 0 Å². The molecule has 0 aliphatic carbocycles. The molecule has 0 aromatic carbocycles. The number of ether oxygens (including phenoxy) is 1. The molecule has 1 aliphatic heterocycles. The summed E-state index contributed by atoms with van der Waals surface area (Å²) in [4.78, 5) is 16.4. The third-order valence-electron chi connectivity index (χ3n) is 3.39. The third-order valence-corrected chi connectivity index (χ3v) is 3.39. The lowest BCUT2D eigenvalue weighted by molar-refractivity contribution is -0.146. The molecule has 0 bridgehead atoms. The van der Waals surface area contributed by atoms with Crippen molar-refractivity contribution in [2.45, 2.75) is 38.7 Å². The van der Waals surface area contributed by atoms with E-state index in [4.69, 9.17) is 4.74 Å². The van der Waals surface area contributed by atoms with Crippen LogP contribution in [-0.2, 0) is 14.9 Å². The van der Waals surface area contributed by atoms with Crippen LogP contribution in [0.2, 0.25) is 0 Å². The maximum absolute atomic E-state index is 12.1. The van der Waals surface area contributed by atoms with Crippen LogP contribution in [-0.4, -0.2) is 17.1 Å². The van der Waals surface area contributed by atoms with E-state index in [2.05, 4.69) is 4.98 Å². The summed E-state index contributed by atoms with van der Waals surface area (Å²) in [7, 11) is 0. The number of hydrogen-bond donors (Lipinski definition) is 0. The molecule has 1 aromatic rings. The van der Waals surface area contributed by atoms with Gasteiger partial charge in [-0.3, -0.25) is 9.78 Å². The van der Waals surface area contributed by atoms with Gasteiger partial charge in [0.1, 0.15) is 11.5 Å². The maximum atomic E-state index is 12.1. The average Bonchev–Trinajstić information content (AvgIpc) is 2.56. The third kappa shape index (κ3) is 1.51. The molecule has 2 rings (SSSR count). The molecule has 3 nitrogen and oxygen atoms in total. The van der Waals surface area contributed by atoms with Gasteiger partial charge in [0.05, 0.1) is 5.69 Å². The van der Waals surface area contributed by atoms with Crippen molar-refractivity contribution in [3.63, 3.8) is 0 Å². The summed E-state index contributed by atoms with van der Waals surface area (Å²) in [5.74, 6) is 0.0635. The minimum absolute atomic E-state index is 0.0168. The van der Waals surface area contributed by atoms with Crippen LogP contribution in [0.3, 0.4) is 0 Å². The van der Waals surface area contributed by atoms with Crippen molar-refractivity contribution < 1.29 is 9.53 Å². The quantitative estimate of drug-likeness (QED) is 0.716. The molecule has 1 saturated heterocycles. The number of cyclic esters (lactones) is 1. The zero-order chi connectivity index (χ0) is 11.8. The summed E-state index contributed by atoms with van der Waals surface area (Å²) in [5.41, 5.74) is 0.278. The van der Waals surface area contributed by atoms with Gasteiger partial charge in [0.15, 0.2) is 0 Å². The number of nitrogens with zero attached hydrogens (tertiary/aromatic N) is 1. The van der Waals surface area contributed by atoms with E-state index in [0.29, 0.717) is 0 Å². The van der Waals surface area contributed by atoms with Crippen molar-refractivity contribution in [1.29, 1.82) is 0 Å². The first-order valence-electron chi connectivity index (χ1n) is 5.70. The molecule has 16 heavy (non-hydrogen) atoms. The number of pyridine rings is 1. The highest BCUT2D eigenvalue weighted by Gasteiger charge is 2.52. The summed E-state index contributed by atoms with van der Waals surface area (Å²) < 4.78 is 5.31. The summed E-state index contributed by atoms with van der Waals surface area (Å²) in [5, 5.41) is 0. The molecule has 0 radical (unpaired) electrons. The Morgan fingerprint density at radius 1 is 1.50 bits per heavy atom. The molecule has 0 spiro atoms. The number of hydrogen-bond acceptors (Lipinski definition) is 3. The standard InChI is InChI=1S/C13H17NO2/c1-9(2)13(8-10(3)16-12(13)15)11-6-4-5-7-14-11/h4-7,9-10H,8H2,1-3H3. The second-order valence-electron chi connectivity index (χ2n) is 4.76. The van der Waals surface area contributed by atoms with Gasteiger partial charge in [-0.2, -0.15) is 0 Å². The highest BCUT2D eigenvalue weighted by molar-refractivity contribution is 5.85. The van der Waals surface area contributed by atoms with Crippen LogP contribution >= 0.6 is 0 Å². The largest absolute Gasteiger partial charge is 0.462 e. The first kappa shape index (κ1) is 11.1. The van der Waals surface area contributed by atoms with Gasteiger partial charge in [0.2, 0.25) is 0 Å². The van der Waals surface area contributed by atoms with E-state index >= 15 is 0 Å². The van der Waals surface area contributed by atoms with Gasteiger partial charge < -0.3 is 4.74 Å². The second kappa shape index (κ2) is 3.89. The molecule has 1 aromatic heterocycles. The van der Waals surface area contributed by atoms with Gasteiger partial charge in [0.25, 0.3) is 0 Å². The molecule has 3 heteroatoms. The highest BCUT2D eigenvalue weighted by atomic mass is 16.6. The Balaban J connectivity index is 2.49. The van der Waals surface area contributed by atoms with Crippen molar-refractivity contribution in [2.75, 3.05) is 0 Å². The molecule has 2 atom stereocenters. The lowest BCUT2D eigenvalue weighted by Gasteiger charge is -2.28. The van der Waals surface area contributed by atoms with Crippen LogP contribution in [0, 0.1) is 5.92 Å². The van der Waals surface area contributed by atoms with Crippen molar-refractivity contribution in [2.24, 2.45) is 5.92 Å². The molecule has 2 heterocycles. The molecule has 1 fully saturated rings. The van der Waals surface area contributed by atoms with E-state index in [1.807, 2.05) is 39.0 Å². The lowest BCUT2D eigenvalue weighted by atomic mass is 9.72. The van der Waals surface area contributed by atoms with Crippen LogP contribution in [0.4, 0.5) is 0 Å². The summed E-state index contributed by atoms with van der Waals surface area (Å²) in [6, 6.07) is 5.70. The van der Waals surface area contributed by atoms with E-state index in [9.17, 15) is 4.79 Å². The molecular formula is C13H17NO2. The molecular weight excluding hydrogens is 202 g/mol. The van der Waals surface area contributed by atoms with E-state index in [0.717, 1.165) is 12.1 Å². The molecule has 0 saturated carbocycles. The van der Waals surface area contributed by atoms with Crippen LogP contribution in [0.25, 0.3) is 0 Å².